The average molecular weight is 412 g/mol. The molecule has 2 aromatic rings. The number of rotatable bonds is 9. The maximum atomic E-state index is 12.2. The van der Waals surface area contributed by atoms with Crippen molar-refractivity contribution in [2.75, 3.05) is 26.7 Å². The van der Waals surface area contributed by atoms with Gasteiger partial charge in [0.15, 0.2) is 0 Å². The summed E-state index contributed by atoms with van der Waals surface area (Å²) in [6, 6.07) is 13.2. The van der Waals surface area contributed by atoms with E-state index in [1.165, 1.54) is 7.11 Å². The highest BCUT2D eigenvalue weighted by Gasteiger charge is 2.21. The van der Waals surface area contributed by atoms with Gasteiger partial charge in [-0.25, -0.2) is 0 Å². The van der Waals surface area contributed by atoms with Crippen LogP contribution in [0.4, 0.5) is 0 Å². The number of piperidine rings is 1. The first-order chi connectivity index (χ1) is 14.6. The molecule has 0 unspecified atom stereocenters. The lowest BCUT2D eigenvalue weighted by atomic mass is 10.1. The molecule has 0 saturated carbocycles. The number of nitrogens with zero attached hydrogens (tertiary/aromatic N) is 2. The van der Waals surface area contributed by atoms with Crippen LogP contribution in [0.3, 0.4) is 0 Å². The standard InChI is InChI=1S/C23H29N3O4/c1-29-22(27)6-4-14-25-23(28)18-7-9-20(10-8-18)30-21-11-15-26(16-12-21)17-19-5-2-3-13-24-19/h2-3,5,7-10,13,21H,4,6,11-12,14-17H2,1H3,(H,25,28). The Hall–Kier alpha value is -2.93. The number of pyridine rings is 1. The molecule has 1 amide bonds. The third-order valence-corrected chi connectivity index (χ3v) is 5.14. The van der Waals surface area contributed by atoms with E-state index in [2.05, 4.69) is 26.0 Å². The number of esters is 1. The van der Waals surface area contributed by atoms with Gasteiger partial charge in [0.2, 0.25) is 0 Å². The molecular formula is C23H29N3O4. The van der Waals surface area contributed by atoms with Gasteiger partial charge in [-0.15, -0.1) is 0 Å². The van der Waals surface area contributed by atoms with Crippen molar-refractivity contribution in [1.82, 2.24) is 15.2 Å². The second kappa shape index (κ2) is 11.3. The molecule has 0 spiro atoms. The Labute approximate surface area is 177 Å². The molecule has 1 fully saturated rings. The van der Waals surface area contributed by atoms with E-state index in [9.17, 15) is 9.59 Å². The predicted octanol–water partition coefficient (Wildman–Crippen LogP) is 2.81. The molecule has 0 bridgehead atoms. The normalized spacial score (nSPS) is 14.8. The monoisotopic (exact) mass is 411 g/mol. The number of carbonyl (C=O) groups excluding carboxylic acids is 2. The van der Waals surface area contributed by atoms with E-state index in [4.69, 9.17) is 4.74 Å². The maximum absolute atomic E-state index is 12.2. The van der Waals surface area contributed by atoms with Gasteiger partial charge in [0.1, 0.15) is 11.9 Å². The second-order valence-corrected chi connectivity index (χ2v) is 7.37. The number of benzene rings is 1. The Balaban J connectivity index is 1.38. The molecule has 0 radical (unpaired) electrons. The molecule has 0 atom stereocenters. The molecule has 1 aliphatic heterocycles. The molecular weight excluding hydrogens is 382 g/mol. The Kier molecular flexibility index (Phi) is 8.20. The van der Waals surface area contributed by atoms with Crippen LogP contribution >= 0.6 is 0 Å². The molecule has 160 valence electrons. The van der Waals surface area contributed by atoms with Gasteiger partial charge in [0, 0.05) is 44.4 Å². The lowest BCUT2D eigenvalue weighted by Gasteiger charge is -2.31. The number of carbonyl (C=O) groups is 2. The van der Waals surface area contributed by atoms with Crippen molar-refractivity contribution in [3.05, 3.63) is 59.9 Å². The van der Waals surface area contributed by atoms with Crippen molar-refractivity contribution in [2.24, 2.45) is 0 Å². The first kappa shape index (κ1) is 21.8. The highest BCUT2D eigenvalue weighted by atomic mass is 16.5. The van der Waals surface area contributed by atoms with Crippen molar-refractivity contribution >= 4 is 11.9 Å². The Bertz CT molecular complexity index is 803. The molecule has 1 saturated heterocycles. The molecule has 1 N–H and O–H groups in total. The van der Waals surface area contributed by atoms with Crippen LogP contribution in [0.15, 0.2) is 48.7 Å². The molecule has 30 heavy (non-hydrogen) atoms. The van der Waals surface area contributed by atoms with Gasteiger partial charge in [-0.2, -0.15) is 0 Å². The van der Waals surface area contributed by atoms with E-state index in [0.29, 0.717) is 24.9 Å². The van der Waals surface area contributed by atoms with Crippen LogP contribution in [0.25, 0.3) is 0 Å². The molecule has 7 nitrogen and oxygen atoms in total. The predicted molar refractivity (Wildman–Crippen MR) is 113 cm³/mol. The lowest BCUT2D eigenvalue weighted by Crippen LogP contribution is -2.37. The SMILES string of the molecule is COC(=O)CCCNC(=O)c1ccc(OC2CCN(Cc3ccccn3)CC2)cc1. The van der Waals surface area contributed by atoms with Gasteiger partial charge >= 0.3 is 5.97 Å². The summed E-state index contributed by atoms with van der Waals surface area (Å²) in [7, 11) is 1.36. The van der Waals surface area contributed by atoms with Crippen molar-refractivity contribution < 1.29 is 19.1 Å². The minimum absolute atomic E-state index is 0.158. The van der Waals surface area contributed by atoms with Crippen molar-refractivity contribution in [1.29, 1.82) is 0 Å². The summed E-state index contributed by atoms with van der Waals surface area (Å²) in [6.45, 7) is 3.26. The lowest BCUT2D eigenvalue weighted by molar-refractivity contribution is -0.140. The number of likely N-dealkylation sites (tertiary alicyclic amines) is 1. The van der Waals surface area contributed by atoms with E-state index >= 15 is 0 Å². The number of hydrogen-bond acceptors (Lipinski definition) is 6. The zero-order chi connectivity index (χ0) is 21.2. The van der Waals surface area contributed by atoms with Gasteiger partial charge in [-0.1, -0.05) is 6.07 Å². The van der Waals surface area contributed by atoms with Crippen LogP contribution in [-0.4, -0.2) is 54.6 Å². The summed E-state index contributed by atoms with van der Waals surface area (Å²) in [5.74, 6) is 0.350. The van der Waals surface area contributed by atoms with Gasteiger partial charge in [0.25, 0.3) is 5.91 Å². The fourth-order valence-corrected chi connectivity index (χ4v) is 3.42. The quantitative estimate of drug-likeness (QED) is 0.505. The fourth-order valence-electron chi connectivity index (χ4n) is 3.42. The molecule has 1 aromatic heterocycles. The fraction of sp³-hybridized carbons (Fsp3) is 0.435. The highest BCUT2D eigenvalue weighted by molar-refractivity contribution is 5.94. The van der Waals surface area contributed by atoms with Crippen LogP contribution in [0, 0.1) is 0 Å². The number of hydrogen-bond donors (Lipinski definition) is 1. The number of aromatic nitrogens is 1. The molecule has 1 aliphatic rings. The van der Waals surface area contributed by atoms with Gasteiger partial charge in [-0.3, -0.25) is 19.5 Å². The maximum Gasteiger partial charge on any atom is 0.305 e. The van der Waals surface area contributed by atoms with Crippen LogP contribution < -0.4 is 10.1 Å². The summed E-state index contributed by atoms with van der Waals surface area (Å²) in [5, 5.41) is 2.81. The van der Waals surface area contributed by atoms with E-state index in [1.807, 2.05) is 30.5 Å². The Morgan fingerprint density at radius 2 is 1.90 bits per heavy atom. The van der Waals surface area contributed by atoms with Crippen LogP contribution in [0.1, 0.15) is 41.7 Å². The van der Waals surface area contributed by atoms with Gasteiger partial charge in [-0.05, 0) is 55.7 Å². The van der Waals surface area contributed by atoms with Crippen LogP contribution in [0.2, 0.25) is 0 Å². The molecule has 2 heterocycles. The largest absolute Gasteiger partial charge is 0.490 e. The molecule has 0 aliphatic carbocycles. The minimum atomic E-state index is -0.270. The second-order valence-electron chi connectivity index (χ2n) is 7.37. The first-order valence-corrected chi connectivity index (χ1v) is 10.4. The number of ether oxygens (including phenoxy) is 2. The van der Waals surface area contributed by atoms with E-state index in [-0.39, 0.29) is 18.0 Å². The molecule has 7 heteroatoms. The van der Waals surface area contributed by atoms with Gasteiger partial charge in [0.05, 0.1) is 12.8 Å². The van der Waals surface area contributed by atoms with Crippen LogP contribution in [0.5, 0.6) is 5.75 Å². The third kappa shape index (κ3) is 6.84. The number of amides is 1. The smallest absolute Gasteiger partial charge is 0.305 e. The van der Waals surface area contributed by atoms with Crippen molar-refractivity contribution in [3.8, 4) is 5.75 Å². The zero-order valence-corrected chi connectivity index (χ0v) is 17.4. The molecule has 1 aromatic carbocycles. The number of nitrogens with one attached hydrogen (secondary N) is 1. The summed E-state index contributed by atoms with van der Waals surface area (Å²) in [5.41, 5.74) is 1.67. The van der Waals surface area contributed by atoms with Gasteiger partial charge < -0.3 is 14.8 Å². The summed E-state index contributed by atoms with van der Waals surface area (Å²) < 4.78 is 10.7. The van der Waals surface area contributed by atoms with E-state index in [0.717, 1.165) is 43.9 Å². The van der Waals surface area contributed by atoms with Crippen molar-refractivity contribution in [3.63, 3.8) is 0 Å². The third-order valence-electron chi connectivity index (χ3n) is 5.14. The summed E-state index contributed by atoms with van der Waals surface area (Å²) in [4.78, 5) is 30.0. The summed E-state index contributed by atoms with van der Waals surface area (Å²) >= 11 is 0. The number of methoxy groups -OCH3 is 1. The first-order valence-electron chi connectivity index (χ1n) is 10.4. The van der Waals surface area contributed by atoms with E-state index < -0.39 is 0 Å². The zero-order valence-electron chi connectivity index (χ0n) is 17.4. The topological polar surface area (TPSA) is 80.8 Å². The average Bonchev–Trinajstić information content (AvgIpc) is 2.79. The summed E-state index contributed by atoms with van der Waals surface area (Å²) in [6.07, 6.45) is 4.80. The van der Waals surface area contributed by atoms with Crippen LogP contribution in [-0.2, 0) is 16.1 Å². The molecule has 3 rings (SSSR count). The Morgan fingerprint density at radius 1 is 1.13 bits per heavy atom. The van der Waals surface area contributed by atoms with E-state index in [1.54, 1.807) is 12.1 Å². The van der Waals surface area contributed by atoms with Crippen molar-refractivity contribution in [2.45, 2.75) is 38.3 Å². The highest BCUT2D eigenvalue weighted by Crippen LogP contribution is 2.20. The minimum Gasteiger partial charge on any atom is -0.490 e. The Morgan fingerprint density at radius 3 is 2.57 bits per heavy atom.